The van der Waals surface area contributed by atoms with Crippen LogP contribution in [-0.2, 0) is 26.0 Å². The first-order chi connectivity index (χ1) is 8.29. The van der Waals surface area contributed by atoms with Crippen LogP contribution in [0.1, 0.15) is 5.56 Å². The average molecular weight is 269 g/mol. The Bertz CT molecular complexity index is 586. The quantitative estimate of drug-likeness (QED) is 0.735. The van der Waals surface area contributed by atoms with Crippen LogP contribution in [0.25, 0.3) is 0 Å². The highest BCUT2D eigenvalue weighted by molar-refractivity contribution is 7.89. The van der Waals surface area contributed by atoms with Crippen molar-refractivity contribution in [1.29, 1.82) is 0 Å². The SMILES string of the molecule is NS(=O)(=O)c1ccc(CC(=O)C=CC(=O)O)cc1. The third kappa shape index (κ3) is 4.48. The van der Waals surface area contributed by atoms with Gasteiger partial charge in [-0.1, -0.05) is 12.1 Å². The molecule has 3 N–H and O–H groups in total. The molecular formula is C11H11NO5S. The summed E-state index contributed by atoms with van der Waals surface area (Å²) in [6, 6.07) is 5.48. The Morgan fingerprint density at radius 2 is 1.72 bits per heavy atom. The number of nitrogens with two attached hydrogens (primary N) is 1. The molecule has 0 spiro atoms. The molecule has 0 saturated carbocycles. The molecule has 0 aliphatic rings. The summed E-state index contributed by atoms with van der Waals surface area (Å²) in [5, 5.41) is 13.3. The Balaban J connectivity index is 2.76. The van der Waals surface area contributed by atoms with Gasteiger partial charge in [-0.25, -0.2) is 18.4 Å². The van der Waals surface area contributed by atoms with Crippen LogP contribution in [0.4, 0.5) is 0 Å². The van der Waals surface area contributed by atoms with Crippen molar-refractivity contribution >= 4 is 21.8 Å². The molecule has 7 heteroatoms. The predicted octanol–water partition coefficient (Wildman–Crippen LogP) is 0.0864. The zero-order chi connectivity index (χ0) is 13.8. The van der Waals surface area contributed by atoms with Crippen LogP contribution < -0.4 is 5.14 Å². The van der Waals surface area contributed by atoms with Crippen molar-refractivity contribution in [3.63, 3.8) is 0 Å². The van der Waals surface area contributed by atoms with Crippen molar-refractivity contribution in [1.82, 2.24) is 0 Å². The summed E-state index contributed by atoms with van der Waals surface area (Å²) in [5.74, 6) is -1.59. The van der Waals surface area contributed by atoms with Gasteiger partial charge in [0.2, 0.25) is 10.0 Å². The van der Waals surface area contributed by atoms with E-state index in [-0.39, 0.29) is 17.1 Å². The first-order valence-electron chi connectivity index (χ1n) is 4.84. The lowest BCUT2D eigenvalue weighted by atomic mass is 10.1. The van der Waals surface area contributed by atoms with Crippen LogP contribution in [0.3, 0.4) is 0 Å². The van der Waals surface area contributed by atoms with Crippen LogP contribution >= 0.6 is 0 Å². The van der Waals surface area contributed by atoms with E-state index in [2.05, 4.69) is 0 Å². The lowest BCUT2D eigenvalue weighted by molar-refractivity contribution is -0.131. The molecule has 0 fully saturated rings. The molecular weight excluding hydrogens is 258 g/mol. The Hall–Kier alpha value is -1.99. The summed E-state index contributed by atoms with van der Waals surface area (Å²) in [4.78, 5) is 21.5. The minimum Gasteiger partial charge on any atom is -0.478 e. The molecule has 0 heterocycles. The van der Waals surface area contributed by atoms with E-state index >= 15 is 0 Å². The van der Waals surface area contributed by atoms with E-state index in [1.807, 2.05) is 0 Å². The number of ketones is 1. The second-order valence-electron chi connectivity index (χ2n) is 3.50. The summed E-state index contributed by atoms with van der Waals surface area (Å²) in [6.07, 6.45) is 1.70. The number of carboxylic acids is 1. The van der Waals surface area contributed by atoms with Gasteiger partial charge < -0.3 is 5.11 Å². The van der Waals surface area contributed by atoms with Crippen molar-refractivity contribution in [2.24, 2.45) is 5.14 Å². The molecule has 0 amide bonds. The zero-order valence-electron chi connectivity index (χ0n) is 9.24. The van der Waals surface area contributed by atoms with E-state index in [1.165, 1.54) is 24.3 Å². The second kappa shape index (κ2) is 5.56. The van der Waals surface area contributed by atoms with Crippen molar-refractivity contribution in [2.45, 2.75) is 11.3 Å². The second-order valence-corrected chi connectivity index (χ2v) is 5.07. The van der Waals surface area contributed by atoms with Crippen LogP contribution in [0, 0.1) is 0 Å². The number of benzene rings is 1. The fourth-order valence-corrected chi connectivity index (χ4v) is 1.74. The fourth-order valence-electron chi connectivity index (χ4n) is 1.22. The monoisotopic (exact) mass is 269 g/mol. The first-order valence-corrected chi connectivity index (χ1v) is 6.39. The largest absolute Gasteiger partial charge is 0.478 e. The summed E-state index contributed by atoms with van der Waals surface area (Å²) in [5.41, 5.74) is 0.572. The molecule has 0 unspecified atom stereocenters. The Morgan fingerprint density at radius 3 is 2.17 bits per heavy atom. The standard InChI is InChI=1S/C11H11NO5S/c12-18(16,17)10-4-1-8(2-5-10)7-9(13)3-6-11(14)15/h1-6H,7H2,(H,14,15)(H2,12,16,17). The van der Waals surface area contributed by atoms with Gasteiger partial charge in [-0.3, -0.25) is 4.79 Å². The molecule has 0 radical (unpaired) electrons. The number of carbonyl (C=O) groups is 2. The van der Waals surface area contributed by atoms with Gasteiger partial charge in [-0.15, -0.1) is 0 Å². The van der Waals surface area contributed by atoms with Crippen LogP contribution in [0.5, 0.6) is 0 Å². The number of aliphatic carboxylic acids is 1. The summed E-state index contributed by atoms with van der Waals surface area (Å²) in [7, 11) is -3.75. The van der Waals surface area contributed by atoms with E-state index in [0.717, 1.165) is 12.2 Å². The Morgan fingerprint density at radius 1 is 1.17 bits per heavy atom. The number of sulfonamides is 1. The fraction of sp³-hybridized carbons (Fsp3) is 0.0909. The molecule has 0 aromatic heterocycles. The highest BCUT2D eigenvalue weighted by Crippen LogP contribution is 2.09. The molecule has 6 nitrogen and oxygen atoms in total. The Labute approximate surface area is 104 Å². The van der Waals surface area contributed by atoms with Crippen LogP contribution in [-0.4, -0.2) is 25.3 Å². The normalized spacial score (nSPS) is 11.6. The van der Waals surface area contributed by atoms with Gasteiger partial charge in [0.25, 0.3) is 0 Å². The molecule has 1 aromatic carbocycles. The maximum absolute atomic E-state index is 11.3. The predicted molar refractivity (Wildman–Crippen MR) is 63.3 cm³/mol. The van der Waals surface area contributed by atoms with E-state index < -0.39 is 16.0 Å². The van der Waals surface area contributed by atoms with Gasteiger partial charge in [0.05, 0.1) is 4.90 Å². The molecule has 1 rings (SSSR count). The molecule has 0 aliphatic carbocycles. The zero-order valence-corrected chi connectivity index (χ0v) is 10.1. The number of hydrogen-bond acceptors (Lipinski definition) is 4. The smallest absolute Gasteiger partial charge is 0.328 e. The minimum absolute atomic E-state index is 0.00528. The topological polar surface area (TPSA) is 115 Å². The van der Waals surface area contributed by atoms with Gasteiger partial charge in [0, 0.05) is 12.5 Å². The van der Waals surface area contributed by atoms with E-state index in [4.69, 9.17) is 10.2 Å². The van der Waals surface area contributed by atoms with Crippen LogP contribution in [0.2, 0.25) is 0 Å². The van der Waals surface area contributed by atoms with Crippen LogP contribution in [0.15, 0.2) is 41.3 Å². The van der Waals surface area contributed by atoms with Crippen molar-refractivity contribution < 1.29 is 23.1 Å². The maximum atomic E-state index is 11.3. The number of carbonyl (C=O) groups excluding carboxylic acids is 1. The van der Waals surface area contributed by atoms with Gasteiger partial charge in [0.15, 0.2) is 5.78 Å². The lowest BCUT2D eigenvalue weighted by Gasteiger charge is -2.00. The highest BCUT2D eigenvalue weighted by atomic mass is 32.2. The summed E-state index contributed by atoms with van der Waals surface area (Å²) in [6.45, 7) is 0. The third-order valence-corrected chi connectivity index (χ3v) is 2.97. The number of allylic oxidation sites excluding steroid dienone is 1. The average Bonchev–Trinajstić information content (AvgIpc) is 2.26. The van der Waals surface area contributed by atoms with Gasteiger partial charge in [0.1, 0.15) is 0 Å². The number of hydrogen-bond donors (Lipinski definition) is 2. The number of rotatable bonds is 5. The Kier molecular flexibility index (Phi) is 4.35. The molecule has 1 aromatic rings. The van der Waals surface area contributed by atoms with Crippen molar-refractivity contribution in [3.8, 4) is 0 Å². The number of primary sulfonamides is 1. The molecule has 0 aliphatic heterocycles. The molecule has 96 valence electrons. The highest BCUT2D eigenvalue weighted by Gasteiger charge is 2.07. The summed E-state index contributed by atoms with van der Waals surface area (Å²) >= 11 is 0. The summed E-state index contributed by atoms with van der Waals surface area (Å²) < 4.78 is 22.0. The number of carboxylic acid groups (broad SMARTS) is 1. The van der Waals surface area contributed by atoms with Gasteiger partial charge in [-0.2, -0.15) is 0 Å². The lowest BCUT2D eigenvalue weighted by Crippen LogP contribution is -2.12. The first kappa shape index (κ1) is 14.1. The molecule has 0 atom stereocenters. The molecule has 0 saturated heterocycles. The van der Waals surface area contributed by atoms with E-state index in [1.54, 1.807) is 0 Å². The third-order valence-electron chi connectivity index (χ3n) is 2.04. The minimum atomic E-state index is -3.75. The maximum Gasteiger partial charge on any atom is 0.328 e. The van der Waals surface area contributed by atoms with Crippen molar-refractivity contribution in [3.05, 3.63) is 42.0 Å². The van der Waals surface area contributed by atoms with E-state index in [0.29, 0.717) is 5.56 Å². The van der Waals surface area contributed by atoms with E-state index in [9.17, 15) is 18.0 Å². The molecule has 18 heavy (non-hydrogen) atoms. The van der Waals surface area contributed by atoms with Gasteiger partial charge in [-0.05, 0) is 23.8 Å². The van der Waals surface area contributed by atoms with Gasteiger partial charge >= 0.3 is 5.97 Å². The molecule has 0 bridgehead atoms. The van der Waals surface area contributed by atoms with Crippen molar-refractivity contribution in [2.75, 3.05) is 0 Å².